The van der Waals surface area contributed by atoms with Crippen molar-refractivity contribution in [3.8, 4) is 21.7 Å². The molecule has 0 bridgehead atoms. The van der Waals surface area contributed by atoms with E-state index >= 15 is 0 Å². The zero-order valence-electron chi connectivity index (χ0n) is 28.2. The number of nitrogens with two attached hydrogens (primary N) is 1. The van der Waals surface area contributed by atoms with Crippen LogP contribution < -0.4 is 11.1 Å². The number of carbonyl (C=O) groups excluding carboxylic acids is 2. The van der Waals surface area contributed by atoms with Crippen LogP contribution in [0.4, 0.5) is 13.6 Å². The third-order valence-corrected chi connectivity index (χ3v) is 7.94. The van der Waals surface area contributed by atoms with Gasteiger partial charge in [-0.3, -0.25) is 9.69 Å². The predicted molar refractivity (Wildman–Crippen MR) is 187 cm³/mol. The molecule has 2 aromatic heterocycles. The van der Waals surface area contributed by atoms with Gasteiger partial charge < -0.3 is 15.8 Å². The maximum Gasteiger partial charge on any atom is 0.407 e. The van der Waals surface area contributed by atoms with Gasteiger partial charge in [-0.25, -0.2) is 14.5 Å². The van der Waals surface area contributed by atoms with Crippen molar-refractivity contribution in [1.29, 1.82) is 0 Å². The highest BCUT2D eigenvalue weighted by atomic mass is 35.5. The highest BCUT2D eigenvalue weighted by Gasteiger charge is 2.40. The van der Waals surface area contributed by atoms with Crippen molar-refractivity contribution in [3.05, 3.63) is 76.5 Å². The number of carbonyl (C=O) groups is 2. The second kappa shape index (κ2) is 16.3. The molecule has 49 heavy (non-hydrogen) atoms. The molecule has 11 nitrogen and oxygen atoms in total. The zero-order valence-corrected chi connectivity index (χ0v) is 29.8. The number of guanidine groups is 1. The number of hydrogen-bond donors (Lipinski definition) is 2. The maximum atomic E-state index is 13.8. The highest BCUT2D eigenvalue weighted by Crippen LogP contribution is 2.37. The smallest absolute Gasteiger partial charge is 0.407 e. The minimum Gasteiger partial charge on any atom is -0.447 e. The molecule has 1 fully saturated rings. The number of alkyl halides is 2. The van der Waals surface area contributed by atoms with Crippen molar-refractivity contribution >= 4 is 40.9 Å². The largest absolute Gasteiger partial charge is 0.447 e. The number of aromatic nitrogens is 4. The summed E-state index contributed by atoms with van der Waals surface area (Å²) < 4.78 is 31.9. The fourth-order valence-electron chi connectivity index (χ4n) is 4.59. The average molecular weight is 715 g/mol. The van der Waals surface area contributed by atoms with Gasteiger partial charge in [0.15, 0.2) is 12.0 Å². The standard InChI is InChI=1S/C27H23ClF2N8O3S.C5H12.C2H6/c28-20-8-5-16(9-19(20)23-36-32-13-42-23)21(12-41-27(40)34-18-6-7-18)38-24(39)22(35-26(38)31)15-3-1-14(2-4-15)17-10-33-37(11-17)25(29)30;1-5(2,3)4;1-2/h1-5,8-11,13,18,21-22,25H,6-7,12H2,(H2,31,35)(H,34,40);1-4H3;1-2H3. The van der Waals surface area contributed by atoms with Gasteiger partial charge in [0.25, 0.3) is 5.91 Å². The fraction of sp³-hybridized carbons (Fsp3) is 0.412. The second-order valence-corrected chi connectivity index (χ2v) is 14.0. The summed E-state index contributed by atoms with van der Waals surface area (Å²) >= 11 is 7.75. The molecule has 2 atom stereocenters. The van der Waals surface area contributed by atoms with Crippen LogP contribution in [0.2, 0.25) is 5.02 Å². The summed E-state index contributed by atoms with van der Waals surface area (Å²) in [5.74, 6) is -0.467. The van der Waals surface area contributed by atoms with Gasteiger partial charge in [-0.05, 0) is 47.1 Å². The SMILES string of the molecule is CC.CC(C)(C)C.NC1=NC(c2ccc(-c3cnn(C(F)F)c3)cc2)C(=O)N1C(COC(=O)NC1CC1)c1ccc(Cl)c(-c2nncs2)c1. The van der Waals surface area contributed by atoms with Crippen molar-refractivity contribution < 1.29 is 23.1 Å². The molecular formula is C34H41ClF2N8O3S. The lowest BCUT2D eigenvalue weighted by atomic mass is 10.0. The molecule has 6 rings (SSSR count). The molecule has 2 unspecified atom stereocenters. The van der Waals surface area contributed by atoms with E-state index in [9.17, 15) is 18.4 Å². The number of aliphatic imine (C=N–C) groups is 1. The number of halogens is 3. The van der Waals surface area contributed by atoms with Gasteiger partial charge in [-0.2, -0.15) is 13.9 Å². The molecule has 0 spiro atoms. The van der Waals surface area contributed by atoms with E-state index < -0.39 is 30.6 Å². The van der Waals surface area contributed by atoms with E-state index in [1.807, 2.05) is 13.8 Å². The second-order valence-electron chi connectivity index (χ2n) is 12.7. The van der Waals surface area contributed by atoms with Crippen LogP contribution in [-0.4, -0.2) is 55.5 Å². The van der Waals surface area contributed by atoms with Gasteiger partial charge in [0, 0.05) is 23.4 Å². The van der Waals surface area contributed by atoms with Crippen molar-refractivity contribution in [2.24, 2.45) is 16.1 Å². The summed E-state index contributed by atoms with van der Waals surface area (Å²) in [5.41, 5.74) is 11.3. The Morgan fingerprint density at radius 1 is 1.12 bits per heavy atom. The van der Waals surface area contributed by atoms with E-state index in [0.717, 1.165) is 12.8 Å². The van der Waals surface area contributed by atoms with E-state index in [4.69, 9.17) is 22.1 Å². The lowest BCUT2D eigenvalue weighted by Crippen LogP contribution is -2.43. The third-order valence-electron chi connectivity index (χ3n) is 6.89. The van der Waals surface area contributed by atoms with Gasteiger partial charge >= 0.3 is 12.6 Å². The number of nitrogens with one attached hydrogen (secondary N) is 1. The Balaban J connectivity index is 0.000000710. The van der Waals surface area contributed by atoms with E-state index in [1.54, 1.807) is 48.0 Å². The minimum atomic E-state index is -2.75. The Morgan fingerprint density at radius 2 is 1.80 bits per heavy atom. The van der Waals surface area contributed by atoms with Crippen LogP contribution in [0.1, 0.15) is 84.1 Å². The average Bonchev–Trinajstić information content (AvgIpc) is 3.41. The first-order valence-corrected chi connectivity index (χ1v) is 17.1. The number of rotatable bonds is 9. The van der Waals surface area contributed by atoms with Crippen LogP contribution in [0, 0.1) is 5.41 Å². The van der Waals surface area contributed by atoms with Gasteiger partial charge in [0.05, 0.1) is 17.3 Å². The molecule has 0 saturated heterocycles. The first kappa shape index (κ1) is 37.4. The summed E-state index contributed by atoms with van der Waals surface area (Å²) in [7, 11) is 0. The Morgan fingerprint density at radius 3 is 2.37 bits per heavy atom. The molecule has 3 heterocycles. The Labute approximate surface area is 293 Å². The molecule has 1 aliphatic heterocycles. The molecule has 3 N–H and O–H groups in total. The molecule has 2 aromatic carbocycles. The van der Waals surface area contributed by atoms with Gasteiger partial charge in [-0.1, -0.05) is 94.8 Å². The first-order chi connectivity index (χ1) is 23.3. The van der Waals surface area contributed by atoms with Gasteiger partial charge in [0.1, 0.15) is 17.1 Å². The number of hydrogen-bond acceptors (Lipinski definition) is 9. The first-order valence-electron chi connectivity index (χ1n) is 15.9. The molecule has 4 aromatic rings. The van der Waals surface area contributed by atoms with E-state index in [-0.39, 0.29) is 18.6 Å². The molecule has 1 aliphatic carbocycles. The Hall–Kier alpha value is -4.43. The van der Waals surface area contributed by atoms with Crippen LogP contribution in [-0.2, 0) is 9.53 Å². The number of benzene rings is 2. The van der Waals surface area contributed by atoms with Gasteiger partial charge in [0.2, 0.25) is 0 Å². The molecule has 2 amide bonds. The van der Waals surface area contributed by atoms with Crippen LogP contribution in [0.3, 0.4) is 0 Å². The predicted octanol–water partition coefficient (Wildman–Crippen LogP) is 8.02. The Kier molecular flexibility index (Phi) is 12.4. The number of alkyl carbamates (subject to hydrolysis) is 1. The van der Waals surface area contributed by atoms with Crippen LogP contribution in [0.25, 0.3) is 21.7 Å². The highest BCUT2D eigenvalue weighted by molar-refractivity contribution is 7.12. The van der Waals surface area contributed by atoms with Crippen LogP contribution >= 0.6 is 22.9 Å². The maximum absolute atomic E-state index is 13.8. The topological polar surface area (TPSA) is 141 Å². The van der Waals surface area contributed by atoms with Crippen molar-refractivity contribution in [2.75, 3.05) is 6.61 Å². The molecule has 1 saturated carbocycles. The normalized spacial score (nSPS) is 16.3. The fourth-order valence-corrected chi connectivity index (χ4v) is 5.44. The molecule has 2 aliphatic rings. The lowest BCUT2D eigenvalue weighted by Gasteiger charge is -2.28. The summed E-state index contributed by atoms with van der Waals surface area (Å²) in [4.78, 5) is 31.9. The monoisotopic (exact) mass is 714 g/mol. The molecule has 262 valence electrons. The molecule has 15 heteroatoms. The molecule has 0 radical (unpaired) electrons. The van der Waals surface area contributed by atoms with Gasteiger partial charge in [-0.15, -0.1) is 10.2 Å². The Bertz CT molecular complexity index is 1730. The van der Waals surface area contributed by atoms with E-state index in [2.05, 4.69) is 53.3 Å². The van der Waals surface area contributed by atoms with E-state index in [1.165, 1.54) is 28.6 Å². The third kappa shape index (κ3) is 10.0. The summed E-state index contributed by atoms with van der Waals surface area (Å²) in [6.45, 7) is 9.81. The number of ether oxygens (including phenoxy) is 1. The van der Waals surface area contributed by atoms with Crippen molar-refractivity contribution in [3.63, 3.8) is 0 Å². The molecular weight excluding hydrogens is 674 g/mol. The number of nitrogens with zero attached hydrogens (tertiary/aromatic N) is 6. The zero-order chi connectivity index (χ0) is 35.9. The lowest BCUT2D eigenvalue weighted by molar-refractivity contribution is -0.129. The number of amides is 2. The van der Waals surface area contributed by atoms with Crippen LogP contribution in [0.15, 0.2) is 65.4 Å². The van der Waals surface area contributed by atoms with E-state index in [0.29, 0.717) is 47.9 Å². The van der Waals surface area contributed by atoms with Crippen molar-refractivity contribution in [1.82, 2.24) is 30.2 Å². The summed E-state index contributed by atoms with van der Waals surface area (Å²) in [6, 6.07) is 10.2. The van der Waals surface area contributed by atoms with Crippen LogP contribution in [0.5, 0.6) is 0 Å². The summed E-state index contributed by atoms with van der Waals surface area (Å²) in [6.07, 6.45) is 3.77. The summed E-state index contributed by atoms with van der Waals surface area (Å²) in [5, 5.41) is 15.4. The quantitative estimate of drug-likeness (QED) is 0.179. The minimum absolute atomic E-state index is 0.0455. The van der Waals surface area contributed by atoms with Crippen molar-refractivity contribution in [2.45, 2.75) is 79.1 Å².